The van der Waals surface area contributed by atoms with Crippen LogP contribution < -0.4 is 9.80 Å². The Morgan fingerprint density at radius 1 is 0.925 bits per heavy atom. The van der Waals surface area contributed by atoms with Gasteiger partial charge in [0, 0.05) is 39.3 Å². The number of hydrogen-bond acceptors (Lipinski definition) is 6. The Hall–Kier alpha value is -3.04. The quantitative estimate of drug-likeness (QED) is 0.463. The third-order valence-corrected chi connectivity index (χ3v) is 11.6. The van der Waals surface area contributed by atoms with Gasteiger partial charge in [-0.05, 0) is 48.7 Å². The highest BCUT2D eigenvalue weighted by Gasteiger charge is 2.63. The van der Waals surface area contributed by atoms with E-state index in [1.165, 1.54) is 18.2 Å². The van der Waals surface area contributed by atoms with Crippen molar-refractivity contribution in [2.45, 2.75) is 68.6 Å². The van der Waals surface area contributed by atoms with E-state index in [1.807, 2.05) is 15.9 Å². The predicted molar refractivity (Wildman–Crippen MR) is 160 cm³/mol. The number of ether oxygens (including phenoxy) is 2. The van der Waals surface area contributed by atoms with E-state index in [2.05, 4.69) is 86.9 Å². The number of amides is 2. The molecule has 0 N–H and O–H groups in total. The molecule has 0 spiro atoms. The lowest BCUT2D eigenvalue weighted by molar-refractivity contribution is 0.115. The van der Waals surface area contributed by atoms with Crippen LogP contribution in [0.3, 0.4) is 0 Å². The SMILES string of the molecule is COC(=O)N1CCC2(c3cccc4c3N(C(=O)OCC[Si](C)(C)C)C3N(C)CCC43C)c3ccccc3N(C)C12. The van der Waals surface area contributed by atoms with E-state index < -0.39 is 13.5 Å². The van der Waals surface area contributed by atoms with E-state index in [9.17, 15) is 9.59 Å². The standard InChI is InChI=1S/C31H42N4O4Si/c1-30-15-17-32(2)26(30)35(29(37)39-19-20-40(5,6)7)25-22(30)12-10-13-23(25)31-16-18-34(28(36)38-4)27(31)33(3)24-14-9-8-11-21(24)31/h8-14,26-27H,15-20H2,1-7H3. The van der Waals surface area contributed by atoms with E-state index in [4.69, 9.17) is 9.47 Å². The summed E-state index contributed by atoms with van der Waals surface area (Å²) in [6.45, 7) is 11.1. The van der Waals surface area contributed by atoms with E-state index in [1.54, 1.807) is 0 Å². The van der Waals surface area contributed by atoms with Gasteiger partial charge in [0.2, 0.25) is 0 Å². The molecule has 0 aliphatic carbocycles. The number of carbonyl (C=O) groups excluding carboxylic acids is 2. The summed E-state index contributed by atoms with van der Waals surface area (Å²) >= 11 is 0. The summed E-state index contributed by atoms with van der Waals surface area (Å²) in [6, 6.07) is 15.9. The van der Waals surface area contributed by atoms with E-state index in [0.29, 0.717) is 13.2 Å². The van der Waals surface area contributed by atoms with Gasteiger partial charge in [0.15, 0.2) is 0 Å². The summed E-state index contributed by atoms with van der Waals surface area (Å²) < 4.78 is 11.3. The van der Waals surface area contributed by atoms with Gasteiger partial charge in [-0.1, -0.05) is 63.0 Å². The van der Waals surface area contributed by atoms with Crippen molar-refractivity contribution in [2.75, 3.05) is 50.7 Å². The topological polar surface area (TPSA) is 65.6 Å². The van der Waals surface area contributed by atoms with Crippen LogP contribution in [-0.2, 0) is 20.3 Å². The smallest absolute Gasteiger partial charge is 0.415 e. The molecule has 6 rings (SSSR count). The van der Waals surface area contributed by atoms with Crippen molar-refractivity contribution < 1.29 is 19.1 Å². The zero-order chi connectivity index (χ0) is 28.6. The van der Waals surface area contributed by atoms with Crippen molar-refractivity contribution in [2.24, 2.45) is 0 Å². The fourth-order valence-corrected chi connectivity index (χ4v) is 8.71. The van der Waals surface area contributed by atoms with Gasteiger partial charge < -0.3 is 14.4 Å². The zero-order valence-electron chi connectivity index (χ0n) is 24.9. The minimum absolute atomic E-state index is 0.120. The number of anilines is 2. The first kappa shape index (κ1) is 27.1. The van der Waals surface area contributed by atoms with Crippen LogP contribution in [0.2, 0.25) is 25.7 Å². The monoisotopic (exact) mass is 562 g/mol. The highest BCUT2D eigenvalue weighted by molar-refractivity contribution is 6.76. The van der Waals surface area contributed by atoms with Gasteiger partial charge in [0.1, 0.15) is 12.3 Å². The minimum Gasteiger partial charge on any atom is -0.453 e. The highest BCUT2D eigenvalue weighted by atomic mass is 28.3. The van der Waals surface area contributed by atoms with E-state index in [0.717, 1.165) is 42.4 Å². The first-order chi connectivity index (χ1) is 19.0. The number of para-hydroxylation sites is 2. The van der Waals surface area contributed by atoms with Crippen molar-refractivity contribution >= 4 is 31.6 Å². The molecule has 2 saturated heterocycles. The van der Waals surface area contributed by atoms with Gasteiger partial charge >= 0.3 is 12.2 Å². The molecule has 9 heteroatoms. The van der Waals surface area contributed by atoms with Crippen molar-refractivity contribution in [3.05, 3.63) is 59.2 Å². The Morgan fingerprint density at radius 2 is 1.62 bits per heavy atom. The second-order valence-corrected chi connectivity index (χ2v) is 19.0. The molecule has 4 aliphatic heterocycles. The lowest BCUT2D eigenvalue weighted by Crippen LogP contribution is -2.52. The number of nitrogens with zero attached hydrogens (tertiary/aromatic N) is 4. The summed E-state index contributed by atoms with van der Waals surface area (Å²) in [4.78, 5) is 35.5. The summed E-state index contributed by atoms with van der Waals surface area (Å²) in [6.07, 6.45) is 0.713. The molecule has 8 nitrogen and oxygen atoms in total. The fraction of sp³-hybridized carbons (Fsp3) is 0.548. The molecule has 4 aliphatic rings. The van der Waals surface area contributed by atoms with Crippen LogP contribution in [0, 0.1) is 0 Å². The molecular formula is C31H42N4O4Si. The molecule has 4 heterocycles. The third kappa shape index (κ3) is 3.66. The molecule has 0 radical (unpaired) electrons. The Morgan fingerprint density at radius 3 is 2.35 bits per heavy atom. The number of carbonyl (C=O) groups is 2. The maximum Gasteiger partial charge on any atom is 0.415 e. The molecule has 0 saturated carbocycles. The van der Waals surface area contributed by atoms with Crippen LogP contribution in [0.5, 0.6) is 0 Å². The molecule has 4 unspecified atom stereocenters. The Kier molecular flexibility index (Phi) is 6.27. The van der Waals surface area contributed by atoms with Crippen LogP contribution in [0.1, 0.15) is 36.5 Å². The van der Waals surface area contributed by atoms with Gasteiger partial charge in [-0.3, -0.25) is 14.7 Å². The molecule has 2 aromatic carbocycles. The number of likely N-dealkylation sites (N-methyl/N-ethyl adjacent to an activating group) is 2. The highest BCUT2D eigenvalue weighted by Crippen LogP contribution is 2.61. The van der Waals surface area contributed by atoms with Gasteiger partial charge in [0.25, 0.3) is 0 Å². The molecule has 2 amide bonds. The van der Waals surface area contributed by atoms with Crippen molar-refractivity contribution in [1.29, 1.82) is 0 Å². The van der Waals surface area contributed by atoms with Crippen LogP contribution in [-0.4, -0.2) is 83.3 Å². The second kappa shape index (κ2) is 9.24. The Labute approximate surface area is 238 Å². The Bertz CT molecular complexity index is 1360. The van der Waals surface area contributed by atoms with Crippen LogP contribution >= 0.6 is 0 Å². The lowest BCUT2D eigenvalue weighted by Gasteiger charge is -2.39. The van der Waals surface area contributed by atoms with Crippen LogP contribution in [0.25, 0.3) is 0 Å². The number of likely N-dealkylation sites (tertiary alicyclic amines) is 2. The van der Waals surface area contributed by atoms with Crippen molar-refractivity contribution in [3.63, 3.8) is 0 Å². The van der Waals surface area contributed by atoms with Gasteiger partial charge in [-0.2, -0.15) is 0 Å². The molecular weight excluding hydrogens is 520 g/mol. The molecule has 2 aromatic rings. The normalized spacial score (nSPS) is 28.8. The van der Waals surface area contributed by atoms with Crippen molar-refractivity contribution in [3.8, 4) is 0 Å². The van der Waals surface area contributed by atoms with Gasteiger partial charge in [-0.15, -0.1) is 0 Å². The third-order valence-electron chi connectivity index (χ3n) is 9.89. The zero-order valence-corrected chi connectivity index (χ0v) is 25.9. The lowest BCUT2D eigenvalue weighted by atomic mass is 9.71. The molecule has 4 atom stereocenters. The van der Waals surface area contributed by atoms with E-state index in [-0.39, 0.29) is 29.9 Å². The van der Waals surface area contributed by atoms with Gasteiger partial charge in [-0.25, -0.2) is 9.59 Å². The summed E-state index contributed by atoms with van der Waals surface area (Å²) in [5.74, 6) is 0. The molecule has 40 heavy (non-hydrogen) atoms. The Balaban J connectivity index is 1.54. The minimum atomic E-state index is -1.37. The largest absolute Gasteiger partial charge is 0.453 e. The fourth-order valence-electron chi connectivity index (χ4n) is 8.00. The van der Waals surface area contributed by atoms with Crippen LogP contribution in [0.4, 0.5) is 21.0 Å². The number of methoxy groups -OCH3 is 1. The predicted octanol–water partition coefficient (Wildman–Crippen LogP) is 5.43. The van der Waals surface area contributed by atoms with Crippen molar-refractivity contribution in [1.82, 2.24) is 9.80 Å². The maximum absolute atomic E-state index is 14.1. The number of rotatable bonds is 4. The molecule has 214 valence electrons. The first-order valence-electron chi connectivity index (χ1n) is 14.4. The second-order valence-electron chi connectivity index (χ2n) is 13.4. The number of fused-ring (bicyclic) bond motifs is 6. The molecule has 2 fully saturated rings. The number of benzene rings is 2. The van der Waals surface area contributed by atoms with Crippen LogP contribution in [0.15, 0.2) is 42.5 Å². The summed E-state index contributed by atoms with van der Waals surface area (Å²) in [5.41, 5.74) is 4.79. The summed E-state index contributed by atoms with van der Waals surface area (Å²) in [7, 11) is 4.24. The van der Waals surface area contributed by atoms with E-state index >= 15 is 0 Å². The maximum atomic E-state index is 14.1. The average Bonchev–Trinajstić information content (AvgIpc) is 3.60. The summed E-state index contributed by atoms with van der Waals surface area (Å²) in [5, 5.41) is 0. The average molecular weight is 563 g/mol. The molecule has 0 aromatic heterocycles. The number of hydrogen-bond donors (Lipinski definition) is 0. The molecule has 0 bridgehead atoms. The van der Waals surface area contributed by atoms with Gasteiger partial charge in [0.05, 0.1) is 24.8 Å². The first-order valence-corrected chi connectivity index (χ1v) is 18.1.